The first-order chi connectivity index (χ1) is 13.5. The van der Waals surface area contributed by atoms with Gasteiger partial charge >= 0.3 is 0 Å². The molecule has 5 heteroatoms. The third-order valence-corrected chi connectivity index (χ3v) is 5.64. The van der Waals surface area contributed by atoms with Crippen LogP contribution in [0.25, 0.3) is 0 Å². The average Bonchev–Trinajstić information content (AvgIpc) is 3.48. The first-order valence-electron chi connectivity index (χ1n) is 9.67. The van der Waals surface area contributed by atoms with E-state index < -0.39 is 0 Å². The SMILES string of the molecule is Cc1nn(Cc2ccccc2)c(C)c1C(=O)NC(c1ccc(Cl)cc1)C1CC1. The molecule has 0 aliphatic heterocycles. The summed E-state index contributed by atoms with van der Waals surface area (Å²) >= 11 is 6.03. The van der Waals surface area contributed by atoms with Crippen LogP contribution in [0.15, 0.2) is 54.6 Å². The van der Waals surface area contributed by atoms with E-state index in [0.29, 0.717) is 23.0 Å². The number of rotatable bonds is 6. The number of nitrogens with one attached hydrogen (secondary N) is 1. The number of carbonyl (C=O) groups is 1. The summed E-state index contributed by atoms with van der Waals surface area (Å²) in [4.78, 5) is 13.1. The third kappa shape index (κ3) is 3.97. The van der Waals surface area contributed by atoms with Gasteiger partial charge in [-0.15, -0.1) is 0 Å². The van der Waals surface area contributed by atoms with E-state index in [2.05, 4.69) is 22.5 Å². The number of benzene rings is 2. The smallest absolute Gasteiger partial charge is 0.255 e. The highest BCUT2D eigenvalue weighted by atomic mass is 35.5. The molecule has 1 aliphatic carbocycles. The summed E-state index contributed by atoms with van der Waals surface area (Å²) in [5, 5.41) is 8.58. The minimum atomic E-state index is -0.0545. The molecule has 144 valence electrons. The van der Waals surface area contributed by atoms with E-state index >= 15 is 0 Å². The predicted octanol–water partition coefficient (Wildman–Crippen LogP) is 5.08. The van der Waals surface area contributed by atoms with Gasteiger partial charge in [-0.1, -0.05) is 54.1 Å². The predicted molar refractivity (Wildman–Crippen MR) is 112 cm³/mol. The topological polar surface area (TPSA) is 46.9 Å². The summed E-state index contributed by atoms with van der Waals surface area (Å²) in [5.41, 5.74) is 4.60. The zero-order valence-corrected chi connectivity index (χ0v) is 16.9. The van der Waals surface area contributed by atoms with Crippen LogP contribution in [-0.2, 0) is 6.54 Å². The zero-order valence-electron chi connectivity index (χ0n) is 16.2. The monoisotopic (exact) mass is 393 g/mol. The summed E-state index contributed by atoms with van der Waals surface area (Å²) in [6.45, 7) is 4.52. The van der Waals surface area contributed by atoms with E-state index in [9.17, 15) is 4.79 Å². The lowest BCUT2D eigenvalue weighted by Crippen LogP contribution is -2.30. The summed E-state index contributed by atoms with van der Waals surface area (Å²) in [6, 6.07) is 18.0. The lowest BCUT2D eigenvalue weighted by molar-refractivity contribution is 0.0930. The summed E-state index contributed by atoms with van der Waals surface area (Å²) < 4.78 is 1.91. The van der Waals surface area contributed by atoms with Crippen molar-refractivity contribution in [3.05, 3.63) is 87.7 Å². The Hall–Kier alpha value is -2.59. The van der Waals surface area contributed by atoms with Crippen molar-refractivity contribution in [1.82, 2.24) is 15.1 Å². The van der Waals surface area contributed by atoms with E-state index in [4.69, 9.17) is 11.6 Å². The first-order valence-corrected chi connectivity index (χ1v) is 10.0. The molecule has 0 saturated heterocycles. The van der Waals surface area contributed by atoms with E-state index in [-0.39, 0.29) is 11.9 Å². The van der Waals surface area contributed by atoms with Crippen LogP contribution in [0.3, 0.4) is 0 Å². The molecular weight excluding hydrogens is 370 g/mol. The van der Waals surface area contributed by atoms with Crippen LogP contribution in [-0.4, -0.2) is 15.7 Å². The molecule has 0 bridgehead atoms. The second-order valence-electron chi connectivity index (χ2n) is 7.53. The Morgan fingerprint density at radius 1 is 1.14 bits per heavy atom. The highest BCUT2D eigenvalue weighted by molar-refractivity contribution is 6.30. The van der Waals surface area contributed by atoms with Crippen LogP contribution in [0.2, 0.25) is 5.02 Å². The second kappa shape index (κ2) is 7.80. The van der Waals surface area contributed by atoms with Crippen LogP contribution in [0.1, 0.15) is 51.8 Å². The summed E-state index contributed by atoms with van der Waals surface area (Å²) in [7, 11) is 0. The molecule has 0 radical (unpaired) electrons. The van der Waals surface area contributed by atoms with Crippen molar-refractivity contribution in [3.8, 4) is 0 Å². The molecule has 3 aromatic rings. The van der Waals surface area contributed by atoms with Gasteiger partial charge in [0, 0.05) is 10.7 Å². The lowest BCUT2D eigenvalue weighted by Gasteiger charge is -2.19. The fraction of sp³-hybridized carbons (Fsp3) is 0.304. The van der Waals surface area contributed by atoms with Crippen molar-refractivity contribution >= 4 is 17.5 Å². The normalized spacial score (nSPS) is 14.7. The maximum absolute atomic E-state index is 13.1. The van der Waals surface area contributed by atoms with Crippen molar-refractivity contribution in [2.45, 2.75) is 39.3 Å². The molecule has 28 heavy (non-hydrogen) atoms. The van der Waals surface area contributed by atoms with E-state index in [0.717, 1.165) is 35.4 Å². The molecule has 1 N–H and O–H groups in total. The highest BCUT2D eigenvalue weighted by Crippen LogP contribution is 2.41. The van der Waals surface area contributed by atoms with Gasteiger partial charge in [-0.3, -0.25) is 9.48 Å². The van der Waals surface area contributed by atoms with Crippen molar-refractivity contribution in [2.24, 2.45) is 5.92 Å². The fourth-order valence-corrected chi connectivity index (χ4v) is 3.85. The van der Waals surface area contributed by atoms with Gasteiger partial charge < -0.3 is 5.32 Å². The number of hydrogen-bond acceptors (Lipinski definition) is 2. The van der Waals surface area contributed by atoms with Crippen LogP contribution in [0.4, 0.5) is 0 Å². The zero-order chi connectivity index (χ0) is 19.7. The fourth-order valence-electron chi connectivity index (χ4n) is 3.72. The van der Waals surface area contributed by atoms with Gasteiger partial charge in [0.25, 0.3) is 5.91 Å². The van der Waals surface area contributed by atoms with Crippen molar-refractivity contribution in [2.75, 3.05) is 0 Å². The molecule has 1 amide bonds. The number of halogens is 1. The molecule has 1 fully saturated rings. The number of amides is 1. The van der Waals surface area contributed by atoms with E-state index in [1.165, 1.54) is 0 Å². The molecule has 1 aromatic heterocycles. The Balaban J connectivity index is 1.56. The van der Waals surface area contributed by atoms with Crippen molar-refractivity contribution in [1.29, 1.82) is 0 Å². The maximum Gasteiger partial charge on any atom is 0.255 e. The lowest BCUT2D eigenvalue weighted by atomic mass is 10.0. The molecule has 1 atom stereocenters. The van der Waals surface area contributed by atoms with Crippen LogP contribution in [0.5, 0.6) is 0 Å². The molecule has 1 aliphatic rings. The van der Waals surface area contributed by atoms with E-state index in [1.54, 1.807) is 0 Å². The molecule has 1 saturated carbocycles. The minimum absolute atomic E-state index is 0.0149. The van der Waals surface area contributed by atoms with Gasteiger partial charge in [0.15, 0.2) is 0 Å². The quantitative estimate of drug-likeness (QED) is 0.634. The summed E-state index contributed by atoms with van der Waals surface area (Å²) in [5.74, 6) is 0.436. The van der Waals surface area contributed by atoms with Gasteiger partial charge in [-0.2, -0.15) is 5.10 Å². The molecule has 4 nitrogen and oxygen atoms in total. The van der Waals surface area contributed by atoms with Crippen molar-refractivity contribution in [3.63, 3.8) is 0 Å². The van der Waals surface area contributed by atoms with Crippen LogP contribution >= 0.6 is 11.6 Å². The standard InChI is InChI=1S/C23H24ClN3O/c1-15-21(16(2)27(26-15)14-17-6-4-3-5-7-17)23(28)25-22(18-8-9-18)19-10-12-20(24)13-11-19/h3-7,10-13,18,22H,8-9,14H2,1-2H3,(H,25,28). The average molecular weight is 394 g/mol. The van der Waals surface area contributed by atoms with E-state index in [1.807, 2.05) is 61.0 Å². The summed E-state index contributed by atoms with van der Waals surface area (Å²) in [6.07, 6.45) is 2.28. The Kier molecular flexibility index (Phi) is 5.23. The molecule has 2 aromatic carbocycles. The van der Waals surface area contributed by atoms with Gasteiger partial charge in [0.2, 0.25) is 0 Å². The largest absolute Gasteiger partial charge is 0.345 e. The number of nitrogens with zero attached hydrogens (tertiary/aromatic N) is 2. The molecule has 4 rings (SSSR count). The van der Waals surface area contributed by atoms with Gasteiger partial charge in [-0.05, 0) is 55.9 Å². The second-order valence-corrected chi connectivity index (χ2v) is 7.97. The highest BCUT2D eigenvalue weighted by Gasteiger charge is 2.34. The van der Waals surface area contributed by atoms with Crippen molar-refractivity contribution < 1.29 is 4.79 Å². The number of aryl methyl sites for hydroxylation is 1. The Labute approximate surface area is 170 Å². The maximum atomic E-state index is 13.1. The Bertz CT molecular complexity index is 975. The van der Waals surface area contributed by atoms with Gasteiger partial charge in [-0.25, -0.2) is 0 Å². The molecule has 1 heterocycles. The Morgan fingerprint density at radius 2 is 1.82 bits per heavy atom. The number of hydrogen-bond donors (Lipinski definition) is 1. The molecule has 0 spiro atoms. The Morgan fingerprint density at radius 3 is 2.46 bits per heavy atom. The van der Waals surface area contributed by atoms with Crippen LogP contribution in [0, 0.1) is 19.8 Å². The third-order valence-electron chi connectivity index (χ3n) is 5.39. The first kappa shape index (κ1) is 18.8. The number of aromatic nitrogens is 2. The molecular formula is C23H24ClN3O. The van der Waals surface area contributed by atoms with Crippen LogP contribution < -0.4 is 5.32 Å². The minimum Gasteiger partial charge on any atom is -0.345 e. The van der Waals surface area contributed by atoms with Gasteiger partial charge in [0.1, 0.15) is 0 Å². The van der Waals surface area contributed by atoms with Gasteiger partial charge in [0.05, 0.1) is 23.8 Å². The molecule has 1 unspecified atom stereocenters. The number of carbonyl (C=O) groups excluding carboxylic acids is 1.